The van der Waals surface area contributed by atoms with Crippen LogP contribution in [0.3, 0.4) is 0 Å². The number of benzene rings is 3. The number of carbonyl (C=O) groups excluding carboxylic acids is 1. The molecule has 6 rings (SSSR count). The second-order valence-corrected chi connectivity index (χ2v) is 14.2. The van der Waals surface area contributed by atoms with Crippen molar-refractivity contribution in [3.63, 3.8) is 0 Å². The predicted molar refractivity (Wildman–Crippen MR) is 167 cm³/mol. The molecule has 0 spiro atoms. The minimum atomic E-state index is -0.791. The summed E-state index contributed by atoms with van der Waals surface area (Å²) in [6.45, 7) is 11.1. The summed E-state index contributed by atoms with van der Waals surface area (Å²) in [5, 5.41) is 14.7. The van der Waals surface area contributed by atoms with Crippen molar-refractivity contribution in [1.29, 1.82) is 0 Å². The molecule has 3 nitrogen and oxygen atoms in total. The van der Waals surface area contributed by atoms with E-state index < -0.39 is 13.5 Å². The summed E-state index contributed by atoms with van der Waals surface area (Å²) >= 11 is 0. The van der Waals surface area contributed by atoms with Gasteiger partial charge in [0.25, 0.3) is 0 Å². The predicted octanol–water partition coefficient (Wildman–Crippen LogP) is 7.42. The minimum Gasteiger partial charge on any atom is -0.0622 e. The van der Waals surface area contributed by atoms with Crippen molar-refractivity contribution in [2.45, 2.75) is 84.2 Å². The van der Waals surface area contributed by atoms with Gasteiger partial charge in [0.2, 0.25) is 0 Å². The molecule has 0 unspecified atom stereocenters. The molecule has 0 radical (unpaired) electrons. The van der Waals surface area contributed by atoms with Crippen molar-refractivity contribution in [3.05, 3.63) is 97.6 Å². The van der Waals surface area contributed by atoms with Gasteiger partial charge < -0.3 is 9.90 Å². The summed E-state index contributed by atoms with van der Waals surface area (Å²) in [5.74, 6) is 0.575. The average Bonchev–Trinajstić information content (AvgIpc) is 3.68. The van der Waals surface area contributed by atoms with Crippen LogP contribution in [0.15, 0.2) is 91.0 Å². The van der Waals surface area contributed by atoms with E-state index in [1.54, 1.807) is 0 Å². The Morgan fingerprint density at radius 2 is 1.15 bits per heavy atom. The Kier molecular flexibility index (Phi) is 14.2. The molecule has 3 atom stereocenters. The molecule has 0 aromatic heterocycles. The number of hydrogen-bond donors (Lipinski definition) is 1. The fourth-order valence-corrected chi connectivity index (χ4v) is 9.17. The summed E-state index contributed by atoms with van der Waals surface area (Å²) in [5.41, 5.74) is -0.720. The zero-order chi connectivity index (χ0) is 29.1. The molecule has 3 saturated carbocycles. The Bertz CT molecular complexity index is 1080. The minimum absolute atomic E-state index is 0. The maximum atomic E-state index is 10.5. The Labute approximate surface area is 259 Å². The second kappa shape index (κ2) is 16.6. The summed E-state index contributed by atoms with van der Waals surface area (Å²) in [4.78, 5) is 10.5. The van der Waals surface area contributed by atoms with E-state index in [4.69, 9.17) is 4.65 Å². The van der Waals surface area contributed by atoms with Gasteiger partial charge in [0, 0.05) is 5.60 Å². The third-order valence-corrected chi connectivity index (χ3v) is 12.1. The molecule has 2 bridgehead atoms. The molecule has 3 aromatic carbocycles. The molecule has 0 saturated heterocycles. The molecule has 0 aliphatic heterocycles. The SMILES string of the molecule is C1CCCC1.CC1(C)[C@@H]2CC[C@@]1(C)[C@@](O)(C[C-]=O)C2.[C-]#[O+].[Fe+2].c1ccc(P(c2ccccc2)c2ccccc2)cc1. The van der Waals surface area contributed by atoms with Crippen LogP contribution in [-0.2, 0) is 26.5 Å². The normalized spacial score (nSPS) is 24.8. The van der Waals surface area contributed by atoms with Gasteiger partial charge in [-0.3, -0.25) is 6.29 Å². The van der Waals surface area contributed by atoms with Gasteiger partial charge in [-0.25, -0.2) is 0 Å². The van der Waals surface area contributed by atoms with E-state index in [0.717, 1.165) is 12.8 Å². The largest absolute Gasteiger partial charge is 2.00 e. The van der Waals surface area contributed by atoms with Crippen molar-refractivity contribution >= 4 is 30.1 Å². The van der Waals surface area contributed by atoms with Gasteiger partial charge in [-0.05, 0) is 59.8 Å². The molecule has 0 amide bonds. The third kappa shape index (κ3) is 8.09. The number of fused-ring (bicyclic) bond motifs is 2. The van der Waals surface area contributed by atoms with E-state index in [0.29, 0.717) is 5.92 Å². The first-order valence-electron chi connectivity index (χ1n) is 14.6. The van der Waals surface area contributed by atoms with Gasteiger partial charge in [0.15, 0.2) is 0 Å². The zero-order valence-electron chi connectivity index (χ0n) is 24.7. The first kappa shape index (κ1) is 35.2. The molecule has 3 aromatic rings. The summed E-state index contributed by atoms with van der Waals surface area (Å²) < 4.78 is 7.50. The molecule has 1 N–H and O–H groups in total. The summed E-state index contributed by atoms with van der Waals surface area (Å²) in [6.07, 6.45) is 12.6. The van der Waals surface area contributed by atoms with Crippen LogP contribution in [-0.4, -0.2) is 17.0 Å². The van der Waals surface area contributed by atoms with Crippen LogP contribution in [0.1, 0.15) is 78.6 Å². The van der Waals surface area contributed by atoms with Crippen molar-refractivity contribution in [3.8, 4) is 0 Å². The fourth-order valence-electron chi connectivity index (χ4n) is 6.87. The van der Waals surface area contributed by atoms with Crippen LogP contribution in [0.25, 0.3) is 0 Å². The van der Waals surface area contributed by atoms with Crippen LogP contribution in [0, 0.1) is 23.4 Å². The first-order chi connectivity index (χ1) is 19.3. The van der Waals surface area contributed by atoms with Gasteiger partial charge in [-0.1, -0.05) is 144 Å². The van der Waals surface area contributed by atoms with Crippen molar-refractivity contribution in [1.82, 2.24) is 0 Å². The molecule has 5 heteroatoms. The van der Waals surface area contributed by atoms with Crippen LogP contribution in [0.2, 0.25) is 0 Å². The van der Waals surface area contributed by atoms with Crippen molar-refractivity contribution < 1.29 is 31.6 Å². The smallest absolute Gasteiger partial charge is 0.0622 e. The van der Waals surface area contributed by atoms with E-state index in [1.165, 1.54) is 54.4 Å². The molecule has 3 fully saturated rings. The number of aliphatic hydroxyl groups is 1. The molecule has 218 valence electrons. The molecule has 41 heavy (non-hydrogen) atoms. The van der Waals surface area contributed by atoms with Crippen LogP contribution in [0.4, 0.5) is 0 Å². The molecule has 0 heterocycles. The van der Waals surface area contributed by atoms with E-state index in [9.17, 15) is 9.90 Å². The first-order valence-corrected chi connectivity index (χ1v) is 15.9. The molecular weight excluding hydrogens is 567 g/mol. The number of rotatable bonds is 5. The van der Waals surface area contributed by atoms with Gasteiger partial charge >= 0.3 is 28.4 Å². The van der Waals surface area contributed by atoms with E-state index >= 15 is 0 Å². The Hall–Kier alpha value is -2.02. The Balaban J connectivity index is 0.000000234. The second-order valence-electron chi connectivity index (χ2n) is 12.0. The number of hydrogen-bond acceptors (Lipinski definition) is 2. The van der Waals surface area contributed by atoms with Gasteiger partial charge in [-0.2, -0.15) is 0 Å². The fraction of sp³-hybridized carbons (Fsp3) is 0.444. The molecule has 3 aliphatic rings. The quantitative estimate of drug-likeness (QED) is 0.141. The summed E-state index contributed by atoms with van der Waals surface area (Å²) in [6, 6.07) is 32.3. The maximum absolute atomic E-state index is 10.5. The van der Waals surface area contributed by atoms with E-state index in [1.807, 2.05) is 6.29 Å². The van der Waals surface area contributed by atoms with Gasteiger partial charge in [0.05, 0.1) is 0 Å². The van der Waals surface area contributed by atoms with Gasteiger partial charge in [0.1, 0.15) is 0 Å². The standard InChI is InChI=1S/C18H15P.C12H19O2.C5H10.CO.Fe/c1-4-10-16(11-5-1)19(17-12-6-2-7-13-17)18-14-8-3-9-15-18;1-10(2)9-4-5-11(10,3)12(14,8-9)6-7-13;1-2-4-5-3-1;1-2;/h1-15H;9,14H,4-6,8H2,1-3H3;1-5H2;;/q;-1;;;+2/t;9-,11-,12-;;;/m.1.../s1. The van der Waals surface area contributed by atoms with Gasteiger partial charge in [-0.15, -0.1) is 6.42 Å². The van der Waals surface area contributed by atoms with E-state index in [-0.39, 0.29) is 34.3 Å². The molecular formula is C36H44FeO3P+. The third-order valence-electron chi connectivity index (χ3n) is 9.70. The van der Waals surface area contributed by atoms with E-state index in [2.05, 4.69) is 118 Å². The Morgan fingerprint density at radius 1 is 0.780 bits per heavy atom. The van der Waals surface area contributed by atoms with Crippen molar-refractivity contribution in [2.24, 2.45) is 16.7 Å². The monoisotopic (exact) mass is 611 g/mol. The Morgan fingerprint density at radius 3 is 1.41 bits per heavy atom. The van der Waals surface area contributed by atoms with Crippen LogP contribution >= 0.6 is 7.92 Å². The summed E-state index contributed by atoms with van der Waals surface area (Å²) in [7, 11) is -0.446. The molecule has 3 aliphatic carbocycles. The van der Waals surface area contributed by atoms with Crippen molar-refractivity contribution in [2.75, 3.05) is 0 Å². The van der Waals surface area contributed by atoms with Crippen LogP contribution < -0.4 is 15.9 Å². The average molecular weight is 612 g/mol. The maximum Gasteiger partial charge on any atom is 2.00 e. The van der Waals surface area contributed by atoms with Crippen LogP contribution in [0.5, 0.6) is 0 Å². The zero-order valence-corrected chi connectivity index (χ0v) is 26.7. The topological polar surface area (TPSA) is 57.2 Å².